The van der Waals surface area contributed by atoms with Gasteiger partial charge in [-0.3, -0.25) is 0 Å². The zero-order valence-electron chi connectivity index (χ0n) is 11.5. The minimum Gasteiger partial charge on any atom is -0.316 e. The molecule has 3 nitrogen and oxygen atoms in total. The molecule has 0 radical (unpaired) electrons. The number of alkyl halides is 3. The third-order valence-electron chi connectivity index (χ3n) is 3.10. The fraction of sp³-hybridized carbons (Fsp3) is 0.538. The summed E-state index contributed by atoms with van der Waals surface area (Å²) in [5.41, 5.74) is -1.11. The molecule has 0 heterocycles. The second-order valence-electron chi connectivity index (χ2n) is 4.91. The minimum absolute atomic E-state index is 0.00664. The summed E-state index contributed by atoms with van der Waals surface area (Å²) in [6.07, 6.45) is -4.68. The van der Waals surface area contributed by atoms with Crippen LogP contribution in [0.4, 0.5) is 13.2 Å². The van der Waals surface area contributed by atoms with E-state index in [-0.39, 0.29) is 11.7 Å². The van der Waals surface area contributed by atoms with Crippen molar-refractivity contribution in [3.63, 3.8) is 0 Å². The first-order chi connectivity index (χ1) is 9.09. The van der Waals surface area contributed by atoms with Crippen molar-refractivity contribution in [2.24, 2.45) is 5.92 Å². The molecule has 1 aromatic rings. The standard InChI is InChI=1S/C13H18F3NO2S/c1-9(2)11(17-3)8-20(18,19)12-7-5-4-6-10(12)13(14,15)16/h4-7,9,11,17H,8H2,1-3H3. The summed E-state index contributed by atoms with van der Waals surface area (Å²) in [6, 6.07) is 3.87. The summed E-state index contributed by atoms with van der Waals surface area (Å²) >= 11 is 0. The minimum atomic E-state index is -4.68. The summed E-state index contributed by atoms with van der Waals surface area (Å²) in [5, 5.41) is 2.83. The summed E-state index contributed by atoms with van der Waals surface area (Å²) < 4.78 is 63.1. The molecule has 0 bridgehead atoms. The highest BCUT2D eigenvalue weighted by Crippen LogP contribution is 2.34. The predicted octanol–water partition coefficient (Wildman–Crippen LogP) is 2.72. The van der Waals surface area contributed by atoms with Gasteiger partial charge in [-0.1, -0.05) is 26.0 Å². The van der Waals surface area contributed by atoms with E-state index >= 15 is 0 Å². The Kier molecular flexibility index (Phi) is 5.21. The highest BCUT2D eigenvalue weighted by Gasteiger charge is 2.37. The lowest BCUT2D eigenvalue weighted by Crippen LogP contribution is -2.37. The van der Waals surface area contributed by atoms with Gasteiger partial charge in [0.1, 0.15) is 0 Å². The fourth-order valence-electron chi connectivity index (χ4n) is 1.91. The molecule has 7 heteroatoms. The van der Waals surface area contributed by atoms with Crippen molar-refractivity contribution in [3.05, 3.63) is 29.8 Å². The van der Waals surface area contributed by atoms with Crippen LogP contribution in [-0.4, -0.2) is 27.3 Å². The lowest BCUT2D eigenvalue weighted by atomic mass is 10.1. The fourth-order valence-corrected chi connectivity index (χ4v) is 3.92. The van der Waals surface area contributed by atoms with E-state index in [9.17, 15) is 21.6 Å². The Balaban J connectivity index is 3.23. The van der Waals surface area contributed by atoms with Gasteiger partial charge >= 0.3 is 6.18 Å². The van der Waals surface area contributed by atoms with Crippen LogP contribution in [0.5, 0.6) is 0 Å². The van der Waals surface area contributed by atoms with E-state index in [4.69, 9.17) is 0 Å². The molecule has 1 atom stereocenters. The molecule has 1 unspecified atom stereocenters. The van der Waals surface area contributed by atoms with Crippen LogP contribution in [0.25, 0.3) is 0 Å². The molecule has 0 saturated heterocycles. The molecule has 0 saturated carbocycles. The van der Waals surface area contributed by atoms with E-state index in [1.165, 1.54) is 12.1 Å². The average molecular weight is 309 g/mol. The van der Waals surface area contributed by atoms with Crippen LogP contribution in [0.1, 0.15) is 19.4 Å². The number of hydrogen-bond donors (Lipinski definition) is 1. The van der Waals surface area contributed by atoms with Crippen LogP contribution in [-0.2, 0) is 16.0 Å². The zero-order valence-corrected chi connectivity index (χ0v) is 12.3. The van der Waals surface area contributed by atoms with Crippen molar-refractivity contribution in [1.82, 2.24) is 5.32 Å². The maximum atomic E-state index is 12.9. The maximum absolute atomic E-state index is 12.9. The van der Waals surface area contributed by atoms with Crippen LogP contribution >= 0.6 is 0 Å². The first kappa shape index (κ1) is 17.0. The van der Waals surface area contributed by atoms with Crippen molar-refractivity contribution in [2.75, 3.05) is 12.8 Å². The van der Waals surface area contributed by atoms with E-state index in [0.717, 1.165) is 12.1 Å². The second-order valence-corrected chi connectivity index (χ2v) is 6.92. The van der Waals surface area contributed by atoms with E-state index in [1.54, 1.807) is 7.05 Å². The molecule has 114 valence electrons. The Morgan fingerprint density at radius 2 is 1.75 bits per heavy atom. The Morgan fingerprint density at radius 1 is 1.20 bits per heavy atom. The zero-order chi connectivity index (χ0) is 15.6. The van der Waals surface area contributed by atoms with Crippen molar-refractivity contribution in [1.29, 1.82) is 0 Å². The lowest BCUT2D eigenvalue weighted by Gasteiger charge is -2.21. The first-order valence-corrected chi connectivity index (χ1v) is 7.81. The Hall–Kier alpha value is -1.08. The topological polar surface area (TPSA) is 46.2 Å². The van der Waals surface area contributed by atoms with Gasteiger partial charge in [-0.15, -0.1) is 0 Å². The number of hydrogen-bond acceptors (Lipinski definition) is 3. The van der Waals surface area contributed by atoms with Crippen LogP contribution in [0.15, 0.2) is 29.2 Å². The van der Waals surface area contributed by atoms with Crippen LogP contribution in [0.2, 0.25) is 0 Å². The van der Waals surface area contributed by atoms with Gasteiger partial charge in [0.2, 0.25) is 0 Å². The lowest BCUT2D eigenvalue weighted by molar-refractivity contribution is -0.139. The third-order valence-corrected chi connectivity index (χ3v) is 4.93. The molecule has 0 aliphatic carbocycles. The Labute approximate surface area is 117 Å². The summed E-state index contributed by atoms with van der Waals surface area (Å²) in [4.78, 5) is -0.659. The number of nitrogens with one attached hydrogen (secondary N) is 1. The summed E-state index contributed by atoms with van der Waals surface area (Å²) in [7, 11) is -2.42. The van der Waals surface area contributed by atoms with Gasteiger partial charge in [0, 0.05) is 6.04 Å². The van der Waals surface area contributed by atoms with Gasteiger partial charge in [0.25, 0.3) is 0 Å². The van der Waals surface area contributed by atoms with Crippen LogP contribution in [0.3, 0.4) is 0 Å². The molecule has 0 fully saturated rings. The largest absolute Gasteiger partial charge is 0.417 e. The van der Waals surface area contributed by atoms with E-state index < -0.39 is 32.5 Å². The molecule has 1 rings (SSSR count). The number of rotatable bonds is 5. The third kappa shape index (κ3) is 3.96. The molecular formula is C13H18F3NO2S. The molecule has 0 aliphatic rings. The van der Waals surface area contributed by atoms with E-state index in [1.807, 2.05) is 13.8 Å². The Bertz CT molecular complexity index is 553. The van der Waals surface area contributed by atoms with Gasteiger partial charge < -0.3 is 5.32 Å². The van der Waals surface area contributed by atoms with Gasteiger partial charge in [-0.25, -0.2) is 8.42 Å². The quantitative estimate of drug-likeness (QED) is 0.909. The van der Waals surface area contributed by atoms with Gasteiger partial charge in [0.15, 0.2) is 9.84 Å². The van der Waals surface area contributed by atoms with Gasteiger partial charge in [0.05, 0.1) is 16.2 Å². The molecule has 0 aromatic heterocycles. The molecule has 0 spiro atoms. The van der Waals surface area contributed by atoms with Crippen molar-refractivity contribution >= 4 is 9.84 Å². The maximum Gasteiger partial charge on any atom is 0.417 e. The molecular weight excluding hydrogens is 291 g/mol. The van der Waals surface area contributed by atoms with Crippen molar-refractivity contribution in [2.45, 2.75) is 31.0 Å². The number of halogens is 3. The number of benzene rings is 1. The van der Waals surface area contributed by atoms with E-state index in [0.29, 0.717) is 0 Å². The normalized spacial score (nSPS) is 14.6. The highest BCUT2D eigenvalue weighted by atomic mass is 32.2. The summed E-state index contributed by atoms with van der Waals surface area (Å²) in [5.74, 6) is -0.373. The smallest absolute Gasteiger partial charge is 0.316 e. The molecule has 1 N–H and O–H groups in total. The Morgan fingerprint density at radius 3 is 2.20 bits per heavy atom. The van der Waals surface area contributed by atoms with Crippen LogP contribution in [0, 0.1) is 5.92 Å². The van der Waals surface area contributed by atoms with Gasteiger partial charge in [-0.2, -0.15) is 13.2 Å². The highest BCUT2D eigenvalue weighted by molar-refractivity contribution is 7.91. The van der Waals surface area contributed by atoms with Crippen molar-refractivity contribution in [3.8, 4) is 0 Å². The SMILES string of the molecule is CNC(CS(=O)(=O)c1ccccc1C(F)(F)F)C(C)C. The van der Waals surface area contributed by atoms with Crippen molar-refractivity contribution < 1.29 is 21.6 Å². The first-order valence-electron chi connectivity index (χ1n) is 6.16. The molecule has 1 aromatic carbocycles. The second kappa shape index (κ2) is 6.13. The monoisotopic (exact) mass is 309 g/mol. The van der Waals surface area contributed by atoms with Gasteiger partial charge in [-0.05, 0) is 25.1 Å². The average Bonchev–Trinajstić information content (AvgIpc) is 2.34. The molecule has 0 aliphatic heterocycles. The molecule has 0 amide bonds. The summed E-state index contributed by atoms with van der Waals surface area (Å²) in [6.45, 7) is 3.62. The predicted molar refractivity (Wildman–Crippen MR) is 71.2 cm³/mol. The van der Waals surface area contributed by atoms with Crippen LogP contribution < -0.4 is 5.32 Å². The molecule has 20 heavy (non-hydrogen) atoms. The number of sulfone groups is 1. The van der Waals surface area contributed by atoms with E-state index in [2.05, 4.69) is 5.32 Å².